The van der Waals surface area contributed by atoms with Crippen LogP contribution in [-0.4, -0.2) is 35.0 Å². The molecule has 0 saturated carbocycles. The van der Waals surface area contributed by atoms with Crippen molar-refractivity contribution in [3.63, 3.8) is 0 Å². The summed E-state index contributed by atoms with van der Waals surface area (Å²) in [5.74, 6) is -1.04. The van der Waals surface area contributed by atoms with Crippen LogP contribution >= 0.6 is 11.3 Å². The summed E-state index contributed by atoms with van der Waals surface area (Å²) in [6.45, 7) is 3.31. The summed E-state index contributed by atoms with van der Waals surface area (Å²) in [6, 6.07) is 3.30. The van der Waals surface area contributed by atoms with Crippen molar-refractivity contribution < 1.29 is 13.6 Å². The number of pyridine rings is 1. The first-order chi connectivity index (χ1) is 11.2. The molecule has 8 heteroatoms. The van der Waals surface area contributed by atoms with Crippen LogP contribution in [0.5, 0.6) is 0 Å². The standard InChI is InChI=1S/C16H16F2N4OS/c1-8-4-9(7-20-6-8)10-5-11(24-13(10)18)16(2)12(17)14(23)22(3)15(19)21-16/h4-7,12H,1-3H3,(H2,19,21)/t12-,16+/m0/s1. The average molecular weight is 350 g/mol. The van der Waals surface area contributed by atoms with Crippen LogP contribution in [0.2, 0.25) is 0 Å². The fourth-order valence-corrected chi connectivity index (χ4v) is 3.65. The number of thiophene rings is 1. The van der Waals surface area contributed by atoms with Gasteiger partial charge in [-0.3, -0.25) is 20.1 Å². The number of nitrogens with one attached hydrogen (secondary N) is 2. The van der Waals surface area contributed by atoms with Crippen LogP contribution in [0.25, 0.3) is 11.1 Å². The minimum absolute atomic E-state index is 0.219. The first-order valence-corrected chi connectivity index (χ1v) is 8.06. The number of hydrogen-bond acceptors (Lipinski definition) is 4. The predicted molar refractivity (Wildman–Crippen MR) is 88.1 cm³/mol. The highest BCUT2D eigenvalue weighted by atomic mass is 32.1. The summed E-state index contributed by atoms with van der Waals surface area (Å²) < 4.78 is 29.1. The molecule has 126 valence electrons. The molecule has 1 fully saturated rings. The van der Waals surface area contributed by atoms with Crippen LogP contribution in [-0.2, 0) is 10.3 Å². The molecule has 0 aliphatic carbocycles. The lowest BCUT2D eigenvalue weighted by molar-refractivity contribution is -0.136. The molecule has 3 heterocycles. The summed E-state index contributed by atoms with van der Waals surface area (Å²) in [6.07, 6.45) is 1.27. The molecule has 2 atom stereocenters. The van der Waals surface area contributed by atoms with E-state index in [0.29, 0.717) is 16.0 Å². The fraction of sp³-hybridized carbons (Fsp3) is 0.312. The maximum atomic E-state index is 14.7. The maximum Gasteiger partial charge on any atom is 0.266 e. The predicted octanol–water partition coefficient (Wildman–Crippen LogP) is 2.81. The highest BCUT2D eigenvalue weighted by Gasteiger charge is 2.49. The Kier molecular flexibility index (Phi) is 3.87. The third-order valence-electron chi connectivity index (χ3n) is 4.15. The number of hydrogen-bond donors (Lipinski definition) is 2. The van der Waals surface area contributed by atoms with E-state index in [1.807, 2.05) is 6.92 Å². The molecular weight excluding hydrogens is 334 g/mol. The lowest BCUT2D eigenvalue weighted by atomic mass is 9.90. The fourth-order valence-electron chi connectivity index (χ4n) is 2.63. The van der Waals surface area contributed by atoms with Crippen LogP contribution in [0.1, 0.15) is 17.4 Å². The van der Waals surface area contributed by atoms with Crippen molar-refractivity contribution in [2.75, 3.05) is 7.05 Å². The van der Waals surface area contributed by atoms with E-state index < -0.39 is 22.7 Å². The van der Waals surface area contributed by atoms with Crippen molar-refractivity contribution in [3.8, 4) is 11.1 Å². The number of nitrogens with zero attached hydrogens (tertiary/aromatic N) is 2. The number of aromatic nitrogens is 1. The third kappa shape index (κ3) is 2.47. The first-order valence-electron chi connectivity index (χ1n) is 7.24. The Balaban J connectivity index is 2.06. The van der Waals surface area contributed by atoms with Gasteiger partial charge in [-0.05, 0) is 31.5 Å². The lowest BCUT2D eigenvalue weighted by Gasteiger charge is -2.40. The van der Waals surface area contributed by atoms with Crippen molar-refractivity contribution in [1.82, 2.24) is 15.2 Å². The lowest BCUT2D eigenvalue weighted by Crippen LogP contribution is -2.64. The van der Waals surface area contributed by atoms with E-state index in [9.17, 15) is 13.6 Å². The molecular formula is C16H16F2N4OS. The first kappa shape index (κ1) is 16.5. The van der Waals surface area contributed by atoms with Gasteiger partial charge in [0.05, 0.1) is 0 Å². The Morgan fingerprint density at radius 1 is 1.42 bits per heavy atom. The minimum atomic E-state index is -1.92. The number of guanidine groups is 1. The van der Waals surface area contributed by atoms with E-state index in [1.165, 1.54) is 26.2 Å². The van der Waals surface area contributed by atoms with Gasteiger partial charge in [-0.15, -0.1) is 11.3 Å². The number of aryl methyl sites for hydroxylation is 1. The number of amides is 1. The molecule has 1 aliphatic rings. The van der Waals surface area contributed by atoms with E-state index in [-0.39, 0.29) is 5.96 Å². The second-order valence-electron chi connectivity index (χ2n) is 5.98. The van der Waals surface area contributed by atoms with Gasteiger partial charge in [0, 0.05) is 35.4 Å². The maximum absolute atomic E-state index is 14.7. The minimum Gasteiger partial charge on any atom is -0.342 e. The zero-order valence-corrected chi connectivity index (χ0v) is 14.2. The average Bonchev–Trinajstić information content (AvgIpc) is 2.93. The molecule has 2 aromatic rings. The van der Waals surface area contributed by atoms with Gasteiger partial charge in [0.2, 0.25) is 6.17 Å². The smallest absolute Gasteiger partial charge is 0.266 e. The van der Waals surface area contributed by atoms with Crippen LogP contribution in [0.3, 0.4) is 0 Å². The van der Waals surface area contributed by atoms with E-state index >= 15 is 0 Å². The SMILES string of the molecule is Cc1cncc(-c2cc([C@@]3(C)NC(=N)N(C)C(=O)[C@@H]3F)sc2F)c1. The van der Waals surface area contributed by atoms with Crippen molar-refractivity contribution in [2.24, 2.45) is 0 Å². The molecule has 0 unspecified atom stereocenters. The van der Waals surface area contributed by atoms with E-state index in [1.54, 1.807) is 12.3 Å². The molecule has 1 saturated heterocycles. The zero-order valence-electron chi connectivity index (χ0n) is 13.4. The van der Waals surface area contributed by atoms with Crippen molar-refractivity contribution >= 4 is 23.2 Å². The topological polar surface area (TPSA) is 69.1 Å². The second kappa shape index (κ2) is 5.62. The third-order valence-corrected chi connectivity index (χ3v) is 5.31. The number of halogens is 2. The summed E-state index contributed by atoms with van der Waals surface area (Å²) in [5, 5.41) is 10.0. The van der Waals surface area contributed by atoms with Crippen LogP contribution in [0.15, 0.2) is 24.5 Å². The molecule has 0 aromatic carbocycles. The van der Waals surface area contributed by atoms with Gasteiger partial charge < -0.3 is 5.32 Å². The summed E-state index contributed by atoms with van der Waals surface area (Å²) in [4.78, 5) is 17.3. The largest absolute Gasteiger partial charge is 0.342 e. The van der Waals surface area contributed by atoms with Gasteiger partial charge >= 0.3 is 0 Å². The van der Waals surface area contributed by atoms with Gasteiger partial charge in [0.15, 0.2) is 11.1 Å². The number of alkyl halides is 1. The Labute approximate surface area is 141 Å². The molecule has 1 aliphatic heterocycles. The second-order valence-corrected chi connectivity index (χ2v) is 6.99. The van der Waals surface area contributed by atoms with Crippen molar-refractivity contribution in [1.29, 1.82) is 5.41 Å². The van der Waals surface area contributed by atoms with Gasteiger partial charge in [-0.25, -0.2) is 4.39 Å². The number of carbonyl (C=O) groups excluding carboxylic acids is 1. The highest BCUT2D eigenvalue weighted by Crippen LogP contribution is 2.39. The Morgan fingerprint density at radius 3 is 2.79 bits per heavy atom. The summed E-state index contributed by atoms with van der Waals surface area (Å²) in [7, 11) is 1.32. The van der Waals surface area contributed by atoms with Gasteiger partial charge in [0.1, 0.15) is 5.54 Å². The quantitative estimate of drug-likeness (QED) is 0.875. The van der Waals surface area contributed by atoms with Crippen LogP contribution in [0, 0.1) is 17.5 Å². The van der Waals surface area contributed by atoms with E-state index in [2.05, 4.69) is 10.3 Å². The van der Waals surface area contributed by atoms with Crippen molar-refractivity contribution in [2.45, 2.75) is 25.6 Å². The molecule has 0 bridgehead atoms. The number of rotatable bonds is 2. The number of carbonyl (C=O) groups is 1. The molecule has 5 nitrogen and oxygen atoms in total. The normalized spacial score (nSPS) is 24.2. The highest BCUT2D eigenvalue weighted by molar-refractivity contribution is 7.11. The van der Waals surface area contributed by atoms with E-state index in [4.69, 9.17) is 5.41 Å². The molecule has 2 N–H and O–H groups in total. The molecule has 0 spiro atoms. The van der Waals surface area contributed by atoms with Crippen LogP contribution in [0.4, 0.5) is 8.78 Å². The van der Waals surface area contributed by atoms with Gasteiger partial charge in [0.25, 0.3) is 5.91 Å². The van der Waals surface area contributed by atoms with Gasteiger partial charge in [-0.2, -0.15) is 4.39 Å². The van der Waals surface area contributed by atoms with Gasteiger partial charge in [-0.1, -0.05) is 0 Å². The monoisotopic (exact) mass is 350 g/mol. The van der Waals surface area contributed by atoms with Crippen LogP contribution < -0.4 is 5.32 Å². The molecule has 2 aromatic heterocycles. The zero-order chi connectivity index (χ0) is 17.6. The molecule has 24 heavy (non-hydrogen) atoms. The summed E-state index contributed by atoms with van der Waals surface area (Å²) >= 11 is 0.765. The molecule has 1 amide bonds. The Hall–Kier alpha value is -2.35. The van der Waals surface area contributed by atoms with E-state index in [0.717, 1.165) is 21.8 Å². The Morgan fingerprint density at radius 2 is 2.12 bits per heavy atom. The Bertz CT molecular complexity index is 837. The molecule has 0 radical (unpaired) electrons. The molecule has 3 rings (SSSR count). The summed E-state index contributed by atoms with van der Waals surface area (Å²) in [5.41, 5.74) is 0.285. The van der Waals surface area contributed by atoms with Crippen molar-refractivity contribution in [3.05, 3.63) is 40.1 Å².